The number of nitrogens with zero attached hydrogens (tertiary/aromatic N) is 2. The Kier molecular flexibility index (Phi) is 4.50. The lowest BCUT2D eigenvalue weighted by Gasteiger charge is -2.22. The lowest BCUT2D eigenvalue weighted by Crippen LogP contribution is -2.26. The number of hydrogen-bond acceptors (Lipinski definition) is 3. The number of rotatable bonds is 4. The zero-order valence-corrected chi connectivity index (χ0v) is 14.5. The third kappa shape index (κ3) is 3.31. The smallest absolute Gasteiger partial charge is 0.264 e. The summed E-state index contributed by atoms with van der Waals surface area (Å²) in [7, 11) is -2.02. The zero-order chi connectivity index (χ0) is 16.4. The van der Waals surface area contributed by atoms with Gasteiger partial charge >= 0.3 is 0 Å². The molecule has 0 bridgehead atoms. The SMILES string of the molecule is CN(c1ccc(N2CCCC2)cc1)S(=O)(=O)c1ccc(Cl)cc1. The molecule has 2 aromatic carbocycles. The molecule has 3 rings (SSSR count). The molecule has 0 amide bonds. The summed E-state index contributed by atoms with van der Waals surface area (Å²) in [5.41, 5.74) is 1.78. The summed E-state index contributed by atoms with van der Waals surface area (Å²) in [6.45, 7) is 2.14. The minimum Gasteiger partial charge on any atom is -0.372 e. The van der Waals surface area contributed by atoms with Crippen molar-refractivity contribution in [3.05, 3.63) is 53.6 Å². The van der Waals surface area contributed by atoms with Crippen molar-refractivity contribution in [2.45, 2.75) is 17.7 Å². The fraction of sp³-hybridized carbons (Fsp3) is 0.294. The van der Waals surface area contributed by atoms with Crippen molar-refractivity contribution in [1.29, 1.82) is 0 Å². The summed E-state index contributed by atoms with van der Waals surface area (Å²) in [4.78, 5) is 2.55. The van der Waals surface area contributed by atoms with E-state index in [1.807, 2.05) is 24.3 Å². The Labute approximate surface area is 142 Å². The van der Waals surface area contributed by atoms with Crippen LogP contribution in [0.1, 0.15) is 12.8 Å². The van der Waals surface area contributed by atoms with Crippen molar-refractivity contribution in [3.8, 4) is 0 Å². The van der Waals surface area contributed by atoms with E-state index < -0.39 is 10.0 Å². The highest BCUT2D eigenvalue weighted by atomic mass is 35.5. The summed E-state index contributed by atoms with van der Waals surface area (Å²) in [5, 5.41) is 0.515. The molecule has 0 aliphatic carbocycles. The fourth-order valence-corrected chi connectivity index (χ4v) is 4.07. The average Bonchev–Trinajstić information content (AvgIpc) is 3.09. The van der Waals surface area contributed by atoms with Crippen LogP contribution in [-0.2, 0) is 10.0 Å². The van der Waals surface area contributed by atoms with Gasteiger partial charge in [0.2, 0.25) is 0 Å². The molecule has 4 nitrogen and oxygen atoms in total. The van der Waals surface area contributed by atoms with Gasteiger partial charge in [-0.15, -0.1) is 0 Å². The van der Waals surface area contributed by atoms with Crippen LogP contribution in [0.3, 0.4) is 0 Å². The van der Waals surface area contributed by atoms with Gasteiger partial charge in [0.1, 0.15) is 0 Å². The van der Waals surface area contributed by atoms with Crippen LogP contribution in [0.5, 0.6) is 0 Å². The van der Waals surface area contributed by atoms with Crippen LogP contribution in [0.15, 0.2) is 53.4 Å². The van der Waals surface area contributed by atoms with Crippen molar-refractivity contribution in [2.24, 2.45) is 0 Å². The summed E-state index contributed by atoms with van der Waals surface area (Å²) in [6.07, 6.45) is 2.43. The van der Waals surface area contributed by atoms with Crippen LogP contribution in [0, 0.1) is 0 Å². The van der Waals surface area contributed by atoms with Gasteiger partial charge in [-0.05, 0) is 61.4 Å². The van der Waals surface area contributed by atoms with Gasteiger partial charge in [-0.3, -0.25) is 4.31 Å². The van der Waals surface area contributed by atoms with Crippen LogP contribution in [0.4, 0.5) is 11.4 Å². The van der Waals surface area contributed by atoms with Gasteiger partial charge in [-0.2, -0.15) is 0 Å². The molecule has 1 aliphatic rings. The average molecular weight is 351 g/mol. The highest BCUT2D eigenvalue weighted by Crippen LogP contribution is 2.27. The molecular formula is C17H19ClN2O2S. The molecule has 1 fully saturated rings. The second-order valence-electron chi connectivity index (χ2n) is 5.64. The highest BCUT2D eigenvalue weighted by molar-refractivity contribution is 7.92. The summed E-state index contributed by atoms with van der Waals surface area (Å²) in [6, 6.07) is 13.9. The standard InChI is InChI=1S/C17H19ClN2O2S/c1-19(23(21,22)17-10-4-14(18)5-11-17)15-6-8-16(9-7-15)20-12-2-3-13-20/h4-11H,2-3,12-13H2,1H3. The molecule has 1 saturated heterocycles. The molecule has 0 radical (unpaired) electrons. The monoisotopic (exact) mass is 350 g/mol. The third-order valence-electron chi connectivity index (χ3n) is 4.16. The lowest BCUT2D eigenvalue weighted by atomic mass is 10.2. The molecule has 23 heavy (non-hydrogen) atoms. The summed E-state index contributed by atoms with van der Waals surface area (Å²) >= 11 is 5.82. The van der Waals surface area contributed by atoms with Gasteiger partial charge in [0.15, 0.2) is 0 Å². The largest absolute Gasteiger partial charge is 0.372 e. The van der Waals surface area contributed by atoms with E-state index in [2.05, 4.69) is 4.90 Å². The third-order valence-corrected chi connectivity index (χ3v) is 6.21. The molecule has 0 atom stereocenters. The number of benzene rings is 2. The number of halogens is 1. The first kappa shape index (κ1) is 16.1. The van der Waals surface area contributed by atoms with Crippen molar-refractivity contribution in [1.82, 2.24) is 0 Å². The molecule has 1 aliphatic heterocycles. The zero-order valence-electron chi connectivity index (χ0n) is 12.9. The van der Waals surface area contributed by atoms with Crippen LogP contribution in [0.25, 0.3) is 0 Å². The number of sulfonamides is 1. The predicted molar refractivity (Wildman–Crippen MR) is 94.9 cm³/mol. The predicted octanol–water partition coefficient (Wildman–Crippen LogP) is 3.77. The van der Waals surface area contributed by atoms with E-state index in [4.69, 9.17) is 11.6 Å². The maximum absolute atomic E-state index is 12.7. The van der Waals surface area contributed by atoms with Gasteiger partial charge < -0.3 is 4.90 Å². The van der Waals surface area contributed by atoms with Crippen molar-refractivity contribution in [3.63, 3.8) is 0 Å². The first-order valence-electron chi connectivity index (χ1n) is 7.58. The van der Waals surface area contributed by atoms with Gasteiger partial charge in [0, 0.05) is 30.8 Å². The molecule has 0 N–H and O–H groups in total. The van der Waals surface area contributed by atoms with E-state index in [0.29, 0.717) is 10.7 Å². The van der Waals surface area contributed by atoms with E-state index >= 15 is 0 Å². The van der Waals surface area contributed by atoms with E-state index in [0.717, 1.165) is 18.8 Å². The molecule has 6 heteroatoms. The van der Waals surface area contributed by atoms with Gasteiger partial charge in [0.25, 0.3) is 10.0 Å². The van der Waals surface area contributed by atoms with Crippen molar-refractivity contribution in [2.75, 3.05) is 29.3 Å². The topological polar surface area (TPSA) is 40.6 Å². The maximum atomic E-state index is 12.7. The normalized spacial score (nSPS) is 15.0. The van der Waals surface area contributed by atoms with Crippen molar-refractivity contribution < 1.29 is 8.42 Å². The minimum atomic E-state index is -3.58. The molecule has 0 saturated carbocycles. The van der Waals surface area contributed by atoms with Gasteiger partial charge in [-0.25, -0.2) is 8.42 Å². The van der Waals surface area contributed by atoms with Crippen LogP contribution < -0.4 is 9.21 Å². The Bertz CT molecular complexity index is 767. The molecule has 1 heterocycles. The van der Waals surface area contributed by atoms with Crippen LogP contribution >= 0.6 is 11.6 Å². The molecule has 0 unspecified atom stereocenters. The quantitative estimate of drug-likeness (QED) is 0.842. The first-order chi connectivity index (χ1) is 11.0. The Morgan fingerprint density at radius 2 is 1.52 bits per heavy atom. The summed E-state index contributed by atoms with van der Waals surface area (Å²) < 4.78 is 26.6. The Hall–Kier alpha value is -1.72. The molecule has 0 spiro atoms. The molecule has 0 aromatic heterocycles. The maximum Gasteiger partial charge on any atom is 0.264 e. The number of hydrogen-bond donors (Lipinski definition) is 0. The van der Waals surface area contributed by atoms with E-state index in [-0.39, 0.29) is 4.90 Å². The Morgan fingerprint density at radius 3 is 2.09 bits per heavy atom. The second kappa shape index (κ2) is 6.42. The molecule has 122 valence electrons. The lowest BCUT2D eigenvalue weighted by molar-refractivity contribution is 0.594. The van der Waals surface area contributed by atoms with Crippen LogP contribution in [-0.4, -0.2) is 28.6 Å². The van der Waals surface area contributed by atoms with Crippen molar-refractivity contribution >= 4 is 33.0 Å². The molecule has 2 aromatic rings. The number of anilines is 2. The summed E-state index contributed by atoms with van der Waals surface area (Å²) in [5.74, 6) is 0. The Morgan fingerprint density at radius 1 is 0.957 bits per heavy atom. The van der Waals surface area contributed by atoms with E-state index in [1.54, 1.807) is 19.2 Å². The Balaban J connectivity index is 1.84. The second-order valence-corrected chi connectivity index (χ2v) is 8.04. The fourth-order valence-electron chi connectivity index (χ4n) is 2.75. The molecular weight excluding hydrogens is 332 g/mol. The minimum absolute atomic E-state index is 0.230. The van der Waals surface area contributed by atoms with Gasteiger partial charge in [-0.1, -0.05) is 11.6 Å². The van der Waals surface area contributed by atoms with Crippen LogP contribution in [0.2, 0.25) is 5.02 Å². The van der Waals surface area contributed by atoms with E-state index in [1.165, 1.54) is 29.3 Å². The van der Waals surface area contributed by atoms with E-state index in [9.17, 15) is 8.42 Å². The first-order valence-corrected chi connectivity index (χ1v) is 9.40. The highest BCUT2D eigenvalue weighted by Gasteiger charge is 2.21. The van der Waals surface area contributed by atoms with Gasteiger partial charge in [0.05, 0.1) is 10.6 Å².